The summed E-state index contributed by atoms with van der Waals surface area (Å²) < 4.78 is 56.4. The molecule has 33 heavy (non-hydrogen) atoms. The van der Waals surface area contributed by atoms with E-state index >= 15 is 0 Å². The second-order valence-corrected chi connectivity index (χ2v) is 8.52. The first-order chi connectivity index (χ1) is 15.5. The van der Waals surface area contributed by atoms with Gasteiger partial charge in [-0.15, -0.1) is 0 Å². The van der Waals surface area contributed by atoms with Gasteiger partial charge in [-0.25, -0.2) is 8.51 Å². The Balaban J connectivity index is 0.000000294. The number of ether oxygens (including phenoxy) is 1. The fraction of sp³-hybridized carbons (Fsp3) is 0.333. The van der Waals surface area contributed by atoms with Crippen LogP contribution in [-0.4, -0.2) is 56.2 Å². The molecule has 0 bridgehead atoms. The van der Waals surface area contributed by atoms with E-state index in [1.807, 2.05) is 6.07 Å². The number of nitriles is 2. The summed E-state index contributed by atoms with van der Waals surface area (Å²) in [5, 5.41) is 45.5. The minimum atomic E-state index is -4.59. The minimum Gasteiger partial charge on any atom is -0.504 e. The topological polar surface area (TPSA) is 138 Å². The average molecular weight is 483 g/mol. The molecular weight excluding hydrogens is 463 g/mol. The molecule has 1 aliphatic rings. The van der Waals surface area contributed by atoms with E-state index in [-0.39, 0.29) is 35.7 Å². The third-order valence-electron chi connectivity index (χ3n) is 4.75. The molecule has 12 heteroatoms. The number of aromatic hydroxyl groups is 1. The van der Waals surface area contributed by atoms with E-state index in [0.29, 0.717) is 17.4 Å². The second-order valence-electron chi connectivity index (χ2n) is 7.06. The summed E-state index contributed by atoms with van der Waals surface area (Å²) in [4.78, 5) is -0.0438. The van der Waals surface area contributed by atoms with Gasteiger partial charge in [-0.1, -0.05) is 0 Å². The molecule has 0 radical (unpaired) electrons. The lowest BCUT2D eigenvalue weighted by molar-refractivity contribution is -0.137. The Morgan fingerprint density at radius 2 is 1.91 bits per heavy atom. The van der Waals surface area contributed by atoms with Gasteiger partial charge >= 0.3 is 6.18 Å². The molecule has 1 heterocycles. The normalized spacial score (nSPS) is 19.0. The Bertz CT molecular complexity index is 1110. The fourth-order valence-corrected chi connectivity index (χ4v) is 4.30. The van der Waals surface area contributed by atoms with Gasteiger partial charge in [0.05, 0.1) is 41.4 Å². The lowest BCUT2D eigenvalue weighted by Gasteiger charge is -2.20. The predicted molar refractivity (Wildman–Crippen MR) is 110 cm³/mol. The molecule has 1 fully saturated rings. The van der Waals surface area contributed by atoms with Gasteiger partial charge in [-0.2, -0.15) is 23.7 Å². The van der Waals surface area contributed by atoms with Crippen molar-refractivity contribution >= 4 is 11.0 Å². The molecule has 1 saturated heterocycles. The summed E-state index contributed by atoms with van der Waals surface area (Å²) in [5.41, 5.74) is -2.28. The molecule has 0 aliphatic carbocycles. The fourth-order valence-electron chi connectivity index (χ4n) is 2.93. The first kappa shape index (κ1) is 26.1. The van der Waals surface area contributed by atoms with Crippen molar-refractivity contribution < 1.29 is 37.4 Å². The highest BCUT2D eigenvalue weighted by Crippen LogP contribution is 2.32. The maximum atomic E-state index is 12.6. The smallest absolute Gasteiger partial charge is 0.416 e. The van der Waals surface area contributed by atoms with Crippen molar-refractivity contribution in [2.75, 3.05) is 26.8 Å². The Kier molecular flexibility index (Phi) is 8.41. The number of β-amino-alcohol motifs (C(OH)–C–C–N with tert-alkyl or cyclic N) is 1. The lowest BCUT2D eigenvalue weighted by Crippen LogP contribution is -2.37. The summed E-state index contributed by atoms with van der Waals surface area (Å²) in [5.74, 6) is 0.371. The third-order valence-corrected chi connectivity index (χ3v) is 6.26. The number of rotatable bonds is 4. The van der Waals surface area contributed by atoms with Gasteiger partial charge in [0, 0.05) is 19.2 Å². The van der Waals surface area contributed by atoms with Crippen LogP contribution in [0, 0.1) is 22.7 Å². The Labute approximate surface area is 190 Å². The van der Waals surface area contributed by atoms with Crippen molar-refractivity contribution in [3.8, 4) is 23.6 Å². The van der Waals surface area contributed by atoms with Crippen LogP contribution in [0.25, 0.3) is 0 Å². The van der Waals surface area contributed by atoms with E-state index in [1.165, 1.54) is 17.5 Å². The third kappa shape index (κ3) is 6.43. The highest BCUT2D eigenvalue weighted by molar-refractivity contribution is 7.82. The van der Waals surface area contributed by atoms with Crippen LogP contribution in [0.5, 0.6) is 11.5 Å². The number of phenols is 1. The van der Waals surface area contributed by atoms with Crippen molar-refractivity contribution in [2.45, 2.75) is 23.1 Å². The molecule has 0 saturated carbocycles. The molecule has 1 aliphatic heterocycles. The number of methoxy groups -OCH3 is 1. The molecule has 0 amide bonds. The molecule has 3 N–H and O–H groups in total. The first-order valence-electron chi connectivity index (χ1n) is 9.36. The summed E-state index contributed by atoms with van der Waals surface area (Å²) in [6, 6.07) is 10.4. The van der Waals surface area contributed by atoms with E-state index in [0.717, 1.165) is 12.1 Å². The Morgan fingerprint density at radius 1 is 1.21 bits per heavy atom. The molecule has 8 nitrogen and oxygen atoms in total. The zero-order valence-corrected chi connectivity index (χ0v) is 18.2. The summed E-state index contributed by atoms with van der Waals surface area (Å²) >= 11 is 0. The maximum absolute atomic E-state index is 12.6. The first-order valence-corrected chi connectivity index (χ1v) is 10.5. The lowest BCUT2D eigenvalue weighted by atomic mass is 10.1. The molecule has 3 rings (SSSR count). The SMILES string of the molecule is COc1ccc(C#N)cc1O.N#Cc1cc(C(F)(F)F)ccc1S(=O)N1CCC(O)(CO)C1. The van der Waals surface area contributed by atoms with Crippen molar-refractivity contribution in [1.82, 2.24) is 4.31 Å². The largest absolute Gasteiger partial charge is 0.504 e. The van der Waals surface area contributed by atoms with Gasteiger partial charge in [0.2, 0.25) is 0 Å². The zero-order valence-electron chi connectivity index (χ0n) is 17.3. The van der Waals surface area contributed by atoms with Crippen molar-refractivity contribution in [2.24, 2.45) is 0 Å². The van der Waals surface area contributed by atoms with E-state index in [9.17, 15) is 22.5 Å². The average Bonchev–Trinajstić information content (AvgIpc) is 3.20. The van der Waals surface area contributed by atoms with E-state index in [4.69, 9.17) is 25.5 Å². The second kappa shape index (κ2) is 10.6. The van der Waals surface area contributed by atoms with Crippen LogP contribution in [0.2, 0.25) is 0 Å². The maximum Gasteiger partial charge on any atom is 0.416 e. The number of phenolic OH excluding ortho intramolecular Hbond substituents is 1. The number of aliphatic hydroxyl groups excluding tert-OH is 1. The Hall–Kier alpha value is -3.16. The zero-order chi connectivity index (χ0) is 24.8. The quantitative estimate of drug-likeness (QED) is 0.607. The number of alkyl halides is 3. The van der Waals surface area contributed by atoms with Crippen molar-refractivity contribution in [3.05, 3.63) is 53.1 Å². The number of aliphatic hydroxyl groups is 2. The van der Waals surface area contributed by atoms with Gasteiger partial charge in [0.25, 0.3) is 0 Å². The standard InChI is InChI=1S/C13H13F3N2O3S.C8H7NO2/c14-13(15,16)10-1-2-11(9(5-10)6-17)22(21)18-4-3-12(20,7-18)8-19;1-11-8-3-2-6(5-9)4-7(8)10/h1-2,5,19-20H,3-4,7-8H2;2-4,10H,1H3. The van der Waals surface area contributed by atoms with Gasteiger partial charge in [-0.3, -0.25) is 0 Å². The van der Waals surface area contributed by atoms with Gasteiger partial charge < -0.3 is 20.1 Å². The number of halogens is 3. The van der Waals surface area contributed by atoms with E-state index in [2.05, 4.69) is 0 Å². The monoisotopic (exact) mass is 483 g/mol. The molecule has 0 aromatic heterocycles. The number of hydrogen-bond acceptors (Lipinski definition) is 7. The Morgan fingerprint density at radius 3 is 2.39 bits per heavy atom. The van der Waals surface area contributed by atoms with E-state index in [1.54, 1.807) is 18.2 Å². The molecule has 2 unspecified atom stereocenters. The minimum absolute atomic E-state index is 0.00782. The molecule has 0 spiro atoms. The number of nitrogens with zero attached hydrogens (tertiary/aromatic N) is 3. The molecular formula is C21H20F3N3O5S. The molecule has 2 aromatic carbocycles. The van der Waals surface area contributed by atoms with Crippen LogP contribution in [0.3, 0.4) is 0 Å². The van der Waals surface area contributed by atoms with Crippen LogP contribution in [0.4, 0.5) is 13.2 Å². The van der Waals surface area contributed by atoms with Crippen LogP contribution >= 0.6 is 0 Å². The molecule has 2 atom stereocenters. The van der Waals surface area contributed by atoms with Crippen LogP contribution in [0.1, 0.15) is 23.1 Å². The van der Waals surface area contributed by atoms with Gasteiger partial charge in [-0.05, 0) is 36.8 Å². The summed E-state index contributed by atoms with van der Waals surface area (Å²) in [6.07, 6.45) is -4.39. The predicted octanol–water partition coefficient (Wildman–Crippen LogP) is 2.30. The van der Waals surface area contributed by atoms with Crippen LogP contribution in [0.15, 0.2) is 41.3 Å². The van der Waals surface area contributed by atoms with Gasteiger partial charge in [0.1, 0.15) is 22.7 Å². The van der Waals surface area contributed by atoms with Gasteiger partial charge in [0.15, 0.2) is 11.5 Å². The summed E-state index contributed by atoms with van der Waals surface area (Å²) in [6.45, 7) is -0.379. The highest BCUT2D eigenvalue weighted by atomic mass is 32.2. The molecule has 2 aromatic rings. The van der Waals surface area contributed by atoms with Crippen molar-refractivity contribution in [3.63, 3.8) is 0 Å². The highest BCUT2D eigenvalue weighted by Gasteiger charge is 2.39. The number of hydrogen-bond donors (Lipinski definition) is 3. The number of benzene rings is 2. The van der Waals surface area contributed by atoms with Crippen LogP contribution < -0.4 is 4.74 Å². The molecule has 176 valence electrons. The summed E-state index contributed by atoms with van der Waals surface area (Å²) in [7, 11) is -0.422. The van der Waals surface area contributed by atoms with Crippen molar-refractivity contribution in [1.29, 1.82) is 10.5 Å². The van der Waals surface area contributed by atoms with E-state index < -0.39 is 34.9 Å². The van der Waals surface area contributed by atoms with Crippen LogP contribution in [-0.2, 0) is 17.2 Å².